The Morgan fingerprint density at radius 2 is 0.930 bits per heavy atom. The van der Waals surface area contributed by atoms with Crippen molar-refractivity contribution in [2.24, 2.45) is 17.8 Å². The molecule has 5 aliphatic heterocycles. The van der Waals surface area contributed by atoms with Crippen LogP contribution in [-0.4, -0.2) is 347 Å². The first-order chi connectivity index (χ1) is 61.5. The number of phosphoric acid groups is 1. The fraction of sp³-hybridized carbons (Fsp3) is 0.847. The van der Waals surface area contributed by atoms with E-state index in [0.717, 1.165) is 4.90 Å². The Labute approximate surface area is 753 Å². The summed E-state index contributed by atoms with van der Waals surface area (Å²) < 4.78 is 104. The highest BCUT2D eigenvalue weighted by Gasteiger charge is 2.48. The van der Waals surface area contributed by atoms with Crippen LogP contribution in [-0.2, 0) is 108 Å². The zero-order valence-electron chi connectivity index (χ0n) is 75.3. The van der Waals surface area contributed by atoms with Crippen molar-refractivity contribution >= 4 is 73.2 Å². The van der Waals surface area contributed by atoms with Crippen molar-refractivity contribution in [2.45, 2.75) is 337 Å². The predicted molar refractivity (Wildman–Crippen MR) is 456 cm³/mol. The molecule has 5 fully saturated rings. The first kappa shape index (κ1) is 111. The molecule has 2 aromatic rings. The first-order valence-electron chi connectivity index (χ1n) is 45.5. The van der Waals surface area contributed by atoms with Gasteiger partial charge in [-0.15, -0.1) is 0 Å². The number of fused-ring (bicyclic) bond motifs is 1. The van der Waals surface area contributed by atoms with Gasteiger partial charge in [0.05, 0.1) is 121 Å². The molecule has 42 nitrogen and oxygen atoms in total. The molecular weight excluding hydrogens is 1740 g/mol. The fourth-order valence-corrected chi connectivity index (χ4v) is 17.3. The molecule has 3 amide bonds. The van der Waals surface area contributed by atoms with Crippen molar-refractivity contribution in [3.05, 3.63) is 18.3 Å². The third-order valence-electron chi connectivity index (χ3n) is 23.9. The van der Waals surface area contributed by atoms with Crippen LogP contribution in [0, 0.1) is 24.7 Å². The average molecular weight is 1890 g/mol. The minimum Gasteiger partial charge on any atom is -0.394 e. The number of amides is 3. The number of unbranched alkanes of at least 4 members (excludes halogenated alkanes) is 8. The van der Waals surface area contributed by atoms with Crippen LogP contribution in [0.4, 0.5) is 0 Å². The Morgan fingerprint density at radius 3 is 1.37 bits per heavy atom. The SMILES string of the molecule is Cc1ncnc2c1ncn2[C@H]1CC(OP(=O)(O)OC[C@H]2C[C@H](O)CN2C(=O)CC(=O)NC(COCCC(=O)CCCCCC(=O)CCCCO[C@@H]2OC(CO)[C@H](O)[C@H](O)C2C)(COCCC(=O)CCCCCC(=O)CCCCO[C@@H]2OC(CO)[C@H](O)[C@H](O)C2C)COCCC(=O)NCCCCC(=O)CCCCO[C@@H]2OC(CO)[C@H](O)[C@H](O)C2C)[C@@H](COP(=O)(O)C(C)C)O1. The lowest BCUT2D eigenvalue weighted by Gasteiger charge is -2.40. The van der Waals surface area contributed by atoms with Crippen LogP contribution in [0.5, 0.6) is 0 Å². The lowest BCUT2D eigenvalue weighted by Crippen LogP contribution is -2.59. The molecule has 5 saturated heterocycles. The molecule has 0 aliphatic carbocycles. The van der Waals surface area contributed by atoms with Crippen LogP contribution < -0.4 is 10.6 Å². The molecule has 14 N–H and O–H groups in total. The van der Waals surface area contributed by atoms with Crippen LogP contribution in [0.1, 0.15) is 226 Å². The van der Waals surface area contributed by atoms with E-state index in [1.807, 2.05) is 0 Å². The Bertz CT molecular complexity index is 3620. The van der Waals surface area contributed by atoms with E-state index in [0.29, 0.717) is 132 Å². The second kappa shape index (κ2) is 57.0. The van der Waals surface area contributed by atoms with E-state index >= 15 is 0 Å². The van der Waals surface area contributed by atoms with Gasteiger partial charge in [0, 0.05) is 128 Å². The number of carbonyl (C=O) groups is 8. The number of aromatic nitrogens is 4. The van der Waals surface area contributed by atoms with Gasteiger partial charge < -0.3 is 128 Å². The molecule has 0 aromatic carbocycles. The van der Waals surface area contributed by atoms with Gasteiger partial charge in [0.2, 0.25) is 17.7 Å². The summed E-state index contributed by atoms with van der Waals surface area (Å²) in [6, 6.07) is -1.12. The van der Waals surface area contributed by atoms with Gasteiger partial charge in [-0.2, -0.15) is 0 Å². The lowest BCUT2D eigenvalue weighted by molar-refractivity contribution is -0.282. The summed E-state index contributed by atoms with van der Waals surface area (Å²) in [5.74, 6) is -4.17. The summed E-state index contributed by atoms with van der Waals surface area (Å²) in [7, 11) is -9.37. The van der Waals surface area contributed by atoms with E-state index in [-0.39, 0.29) is 139 Å². The maximum Gasteiger partial charge on any atom is 0.472 e. The molecule has 0 spiro atoms. The summed E-state index contributed by atoms with van der Waals surface area (Å²) in [4.78, 5) is 143. The quantitative estimate of drug-likeness (QED) is 0.0257. The summed E-state index contributed by atoms with van der Waals surface area (Å²) in [6.07, 6.45) is -7.11. The number of carbonyl (C=O) groups excluding carboxylic acids is 8. The molecule has 9 unspecified atom stereocenters. The fourth-order valence-electron chi connectivity index (χ4n) is 15.7. The molecule has 7 rings (SSSR count). The van der Waals surface area contributed by atoms with Gasteiger partial charge in [0.15, 0.2) is 24.5 Å². The van der Waals surface area contributed by atoms with E-state index < -0.39 is 226 Å². The summed E-state index contributed by atoms with van der Waals surface area (Å²) >= 11 is 0. The number of ether oxygens (including phenoxy) is 10. The number of aliphatic hydroxyl groups is 10. The number of ketones is 5. The second-order valence-electron chi connectivity index (χ2n) is 34.8. The first-order valence-corrected chi connectivity index (χ1v) is 48.7. The van der Waals surface area contributed by atoms with Crippen LogP contribution in [0.15, 0.2) is 12.7 Å². The number of Topliss-reactive ketones (excluding diaryl/α,β-unsaturated/α-hetero) is 5. The number of hydrogen-bond donors (Lipinski definition) is 14. The number of β-amino-alcohol motifs (C(OH)–C–C–N with tert-alkyl or cyclic N) is 1. The summed E-state index contributed by atoms with van der Waals surface area (Å²) in [5.41, 5.74) is -1.19. The van der Waals surface area contributed by atoms with Crippen molar-refractivity contribution < 1.29 is 169 Å². The van der Waals surface area contributed by atoms with Gasteiger partial charge in [-0.25, -0.2) is 19.5 Å². The molecule has 44 heteroatoms. The lowest BCUT2D eigenvalue weighted by atomic mass is 9.92. The highest BCUT2D eigenvalue weighted by atomic mass is 31.2. The van der Waals surface area contributed by atoms with Crippen LogP contribution in [0.2, 0.25) is 0 Å². The zero-order chi connectivity index (χ0) is 94.4. The Balaban J connectivity index is 0.953. The minimum absolute atomic E-state index is 0.00676. The normalized spacial score (nSPS) is 28.1. The van der Waals surface area contributed by atoms with E-state index in [9.17, 15) is 108 Å². The molecule has 0 bridgehead atoms. The molecule has 7 heterocycles. The number of hydrogen-bond acceptors (Lipinski definition) is 36. The van der Waals surface area contributed by atoms with Gasteiger partial charge in [-0.1, -0.05) is 47.5 Å². The van der Waals surface area contributed by atoms with Gasteiger partial charge >= 0.3 is 15.4 Å². The van der Waals surface area contributed by atoms with Crippen LogP contribution in [0.3, 0.4) is 0 Å². The summed E-state index contributed by atoms with van der Waals surface area (Å²) in [5, 5.41) is 107. The number of phosphoric ester groups is 1. The topological polar surface area (TPSA) is 604 Å². The van der Waals surface area contributed by atoms with Gasteiger partial charge in [-0.05, 0) is 90.4 Å². The Kier molecular flexibility index (Phi) is 48.9. The second-order valence-corrected chi connectivity index (χ2v) is 38.6. The van der Waals surface area contributed by atoms with Gasteiger partial charge in [0.1, 0.15) is 108 Å². The van der Waals surface area contributed by atoms with Crippen LogP contribution >= 0.6 is 15.4 Å². The molecule has 22 atom stereocenters. The van der Waals surface area contributed by atoms with Crippen molar-refractivity contribution in [3.8, 4) is 0 Å². The molecular formula is C85H143N7O35P2. The van der Waals surface area contributed by atoms with Crippen molar-refractivity contribution in [3.63, 3.8) is 0 Å². The molecule has 129 heavy (non-hydrogen) atoms. The van der Waals surface area contributed by atoms with E-state index in [1.54, 1.807) is 32.3 Å². The van der Waals surface area contributed by atoms with Gasteiger partial charge in [0.25, 0.3) is 0 Å². The molecule has 2 aromatic heterocycles. The molecule has 0 saturated carbocycles. The third-order valence-corrected chi connectivity index (χ3v) is 26.7. The van der Waals surface area contributed by atoms with Crippen molar-refractivity contribution in [1.29, 1.82) is 0 Å². The van der Waals surface area contributed by atoms with Crippen molar-refractivity contribution in [2.75, 3.05) is 106 Å². The highest BCUT2D eigenvalue weighted by Crippen LogP contribution is 2.52. The maximum atomic E-state index is 14.6. The maximum absolute atomic E-state index is 14.6. The van der Waals surface area contributed by atoms with Crippen molar-refractivity contribution in [1.82, 2.24) is 35.1 Å². The third kappa shape index (κ3) is 37.1. The number of nitrogens with zero attached hydrogens (tertiary/aromatic N) is 5. The number of rotatable bonds is 66. The van der Waals surface area contributed by atoms with E-state index in [2.05, 4.69) is 25.6 Å². The van der Waals surface area contributed by atoms with E-state index in [1.165, 1.54) is 26.5 Å². The standard InChI is InChI=1S/C85H143N7O35P2/c1-53(2)128(111,112)121-47-69-65(40-73(123-69)92-52-89-74-57(6)87-51-88-81(74)92)127-129(113,114)122-46-58-39-64(101)42-91(58)72(104)41-71(103)90-85(48-115-36-29-62(99)23-11-7-9-21-59(96)26-14-18-33-118-82-54(3)75(105)78(108)66(43-93)124-82,49-116-37-30-63(100)24-12-8-10-22-60(97)27-15-19-34-119-83-55(4)76(106)79(109)67(44-94)125-83)50-117-38-31-70(102)86-32-17-13-25-61(98)28-16-20-35-120-84-56(5)77(107)80(110)68(45-95)126-84/h51-56,58,64-69,73,75-80,82-84,93-95,101,105-110H,7-50H2,1-6H3,(H,86,102)(H,90,103)(H,111,112)(H,113,114)/t54?,55?,56?,58-,64+,65?,66?,67?,68?,69-,73-,75-,76-,77-,78+,79+,80+,82-,83-,84-,85?/m1/s1. The Hall–Kier alpha value is -5.23. The number of likely N-dealkylation sites (tertiary alicyclic amines) is 1. The molecule has 5 aliphatic rings. The van der Waals surface area contributed by atoms with E-state index in [4.69, 9.17) is 60.9 Å². The zero-order valence-corrected chi connectivity index (χ0v) is 77.1. The average Bonchev–Trinajstić information content (AvgIpc) is 1.63. The largest absolute Gasteiger partial charge is 0.472 e. The molecule has 738 valence electrons. The number of imidazole rings is 1. The summed E-state index contributed by atoms with van der Waals surface area (Å²) in [6.45, 7) is 5.52. The number of aliphatic hydroxyl groups excluding tert-OH is 10. The Morgan fingerprint density at radius 1 is 0.504 bits per heavy atom. The smallest absolute Gasteiger partial charge is 0.394 e. The monoisotopic (exact) mass is 1880 g/mol. The predicted octanol–water partition coefficient (Wildman–Crippen LogP) is 2.78. The molecule has 0 radical (unpaired) electrons. The highest BCUT2D eigenvalue weighted by molar-refractivity contribution is 7.53. The number of nitrogens with one attached hydrogen (secondary N) is 2. The van der Waals surface area contributed by atoms with Crippen LogP contribution in [0.25, 0.3) is 11.2 Å². The van der Waals surface area contributed by atoms with Gasteiger partial charge in [-0.3, -0.25) is 56.5 Å². The minimum atomic E-state index is -5.16. The number of aryl methyl sites for hydroxylation is 1.